The largest absolute Gasteiger partial charge is 0.493 e. The molecule has 0 bridgehead atoms. The van der Waals surface area contributed by atoms with Crippen molar-refractivity contribution in [3.8, 4) is 11.5 Å². The monoisotopic (exact) mass is 248 g/mol. The van der Waals surface area contributed by atoms with Gasteiger partial charge in [0.2, 0.25) is 0 Å². The van der Waals surface area contributed by atoms with Crippen molar-refractivity contribution in [3.63, 3.8) is 0 Å². The van der Waals surface area contributed by atoms with Gasteiger partial charge in [-0.05, 0) is 57.0 Å². The minimum absolute atomic E-state index is 0.665. The fourth-order valence-electron chi connectivity index (χ4n) is 2.31. The number of likely N-dealkylation sites (tertiary alicyclic amines) is 1. The Labute approximate surface area is 110 Å². The molecule has 18 heavy (non-hydrogen) atoms. The maximum atomic E-state index is 5.61. The normalized spacial score (nSPS) is 16.6. The Bertz CT molecular complexity index is 373. The van der Waals surface area contributed by atoms with Gasteiger partial charge >= 0.3 is 0 Å². The molecule has 0 saturated carbocycles. The number of hydrogen-bond acceptors (Lipinski definition) is 3. The van der Waals surface area contributed by atoms with Crippen LogP contribution in [0.3, 0.4) is 0 Å². The van der Waals surface area contributed by atoms with E-state index in [9.17, 15) is 0 Å². The molecule has 1 saturated heterocycles. The number of methoxy groups -OCH3 is 1. The fourth-order valence-corrected chi connectivity index (χ4v) is 2.31. The molecule has 0 unspecified atom stereocenters. The third kappa shape index (κ3) is 3.39. The van der Waals surface area contributed by atoms with Crippen LogP contribution in [0.25, 0.3) is 0 Å². The molecule has 1 heterocycles. The van der Waals surface area contributed by atoms with Crippen molar-refractivity contribution in [1.29, 1.82) is 0 Å². The van der Waals surface area contributed by atoms with Crippen molar-refractivity contribution in [2.75, 3.05) is 26.8 Å². The van der Waals surface area contributed by atoms with Crippen molar-refractivity contribution < 1.29 is 9.47 Å². The molecule has 0 N–H and O–H groups in total. The van der Waals surface area contributed by atoms with E-state index in [2.05, 4.69) is 23.5 Å². The van der Waals surface area contributed by atoms with Crippen LogP contribution in [0.1, 0.15) is 25.3 Å². The smallest absolute Gasteiger partial charge is 0.161 e. The van der Waals surface area contributed by atoms with Crippen LogP contribution in [0, 0.1) is 6.42 Å². The second-order valence-corrected chi connectivity index (χ2v) is 4.56. The van der Waals surface area contributed by atoms with E-state index in [1.165, 1.54) is 18.4 Å². The van der Waals surface area contributed by atoms with E-state index in [4.69, 9.17) is 9.47 Å². The van der Waals surface area contributed by atoms with Gasteiger partial charge in [-0.2, -0.15) is 0 Å². The minimum atomic E-state index is 0.665. The van der Waals surface area contributed by atoms with E-state index in [-0.39, 0.29) is 0 Å². The summed E-state index contributed by atoms with van der Waals surface area (Å²) in [6.45, 7) is 5.98. The first kappa shape index (κ1) is 13.2. The third-order valence-electron chi connectivity index (χ3n) is 3.23. The van der Waals surface area contributed by atoms with E-state index < -0.39 is 0 Å². The summed E-state index contributed by atoms with van der Waals surface area (Å²) in [5.74, 6) is 1.66. The highest BCUT2D eigenvalue weighted by molar-refractivity contribution is 5.42. The van der Waals surface area contributed by atoms with E-state index in [1.807, 2.05) is 13.0 Å². The highest BCUT2D eigenvalue weighted by Gasteiger charge is 2.12. The average molecular weight is 248 g/mol. The third-order valence-corrected chi connectivity index (χ3v) is 3.23. The van der Waals surface area contributed by atoms with E-state index in [1.54, 1.807) is 7.11 Å². The van der Waals surface area contributed by atoms with Crippen LogP contribution < -0.4 is 9.47 Å². The summed E-state index contributed by atoms with van der Waals surface area (Å²) in [4.78, 5) is 2.48. The zero-order valence-corrected chi connectivity index (χ0v) is 11.3. The van der Waals surface area contributed by atoms with Gasteiger partial charge in [-0.15, -0.1) is 0 Å². The Kier molecular flexibility index (Phi) is 4.88. The van der Waals surface area contributed by atoms with Gasteiger partial charge in [0.15, 0.2) is 11.5 Å². The molecule has 0 amide bonds. The van der Waals surface area contributed by atoms with Gasteiger partial charge in [0, 0.05) is 6.54 Å². The Morgan fingerprint density at radius 1 is 1.17 bits per heavy atom. The van der Waals surface area contributed by atoms with Crippen molar-refractivity contribution in [3.05, 3.63) is 30.2 Å². The van der Waals surface area contributed by atoms with Gasteiger partial charge in [0.25, 0.3) is 0 Å². The summed E-state index contributed by atoms with van der Waals surface area (Å²) in [5, 5.41) is 0. The van der Waals surface area contributed by atoms with E-state index in [0.717, 1.165) is 31.1 Å². The predicted octanol–water partition coefficient (Wildman–Crippen LogP) is 2.89. The molecule has 0 atom stereocenters. The maximum Gasteiger partial charge on any atom is 0.161 e. The lowest BCUT2D eigenvalue weighted by Crippen LogP contribution is -2.29. The zero-order chi connectivity index (χ0) is 12.8. The number of hydrogen-bond donors (Lipinski definition) is 0. The Balaban J connectivity index is 2.05. The lowest BCUT2D eigenvalue weighted by atomic mass is 10.1. The molecule has 1 aromatic rings. The lowest BCUT2D eigenvalue weighted by Gasteiger charge is -2.26. The summed E-state index contributed by atoms with van der Waals surface area (Å²) < 4.78 is 10.9. The van der Waals surface area contributed by atoms with Crippen molar-refractivity contribution in [2.24, 2.45) is 0 Å². The van der Waals surface area contributed by atoms with E-state index in [0.29, 0.717) is 6.61 Å². The molecule has 1 aromatic carbocycles. The minimum Gasteiger partial charge on any atom is -0.493 e. The highest BCUT2D eigenvalue weighted by Crippen LogP contribution is 2.28. The van der Waals surface area contributed by atoms with Crippen LogP contribution in [0.4, 0.5) is 0 Å². The van der Waals surface area contributed by atoms with Gasteiger partial charge < -0.3 is 9.47 Å². The molecule has 3 heteroatoms. The van der Waals surface area contributed by atoms with Crippen LogP contribution in [0.15, 0.2) is 18.2 Å². The van der Waals surface area contributed by atoms with Crippen LogP contribution in [-0.2, 0) is 6.54 Å². The highest BCUT2D eigenvalue weighted by atomic mass is 16.5. The quantitative estimate of drug-likeness (QED) is 0.799. The molecule has 3 nitrogen and oxygen atoms in total. The summed E-state index contributed by atoms with van der Waals surface area (Å²) in [5.41, 5.74) is 1.29. The van der Waals surface area contributed by atoms with Crippen LogP contribution in [0.5, 0.6) is 11.5 Å². The molecule has 99 valence electrons. The first-order chi connectivity index (χ1) is 8.83. The van der Waals surface area contributed by atoms with Gasteiger partial charge in [-0.1, -0.05) is 6.07 Å². The molecular weight excluding hydrogens is 226 g/mol. The Morgan fingerprint density at radius 2 is 1.94 bits per heavy atom. The topological polar surface area (TPSA) is 21.7 Å². The molecule has 0 spiro atoms. The molecule has 0 aliphatic carbocycles. The molecule has 1 aliphatic heterocycles. The van der Waals surface area contributed by atoms with Crippen molar-refractivity contribution in [2.45, 2.75) is 26.3 Å². The molecule has 1 fully saturated rings. The molecule has 1 aliphatic rings. The second-order valence-electron chi connectivity index (χ2n) is 4.56. The SMILES string of the molecule is CCOc1cc(CN2CC[CH]CC2)ccc1OC. The standard InChI is InChI=1S/C15H22NO2/c1-3-18-15-11-13(7-8-14(15)17-2)12-16-9-5-4-6-10-16/h4,7-8,11H,3,5-6,9-10,12H2,1-2H3. The summed E-state index contributed by atoms with van der Waals surface area (Å²) in [7, 11) is 1.68. The number of rotatable bonds is 5. The first-order valence-electron chi connectivity index (χ1n) is 6.67. The molecular formula is C15H22NO2. The van der Waals surface area contributed by atoms with Gasteiger partial charge in [-0.25, -0.2) is 0 Å². The zero-order valence-electron chi connectivity index (χ0n) is 11.3. The second kappa shape index (κ2) is 6.64. The number of benzene rings is 1. The first-order valence-corrected chi connectivity index (χ1v) is 6.67. The number of nitrogens with zero attached hydrogens (tertiary/aromatic N) is 1. The molecule has 2 rings (SSSR count). The van der Waals surface area contributed by atoms with Crippen LogP contribution >= 0.6 is 0 Å². The molecule has 1 radical (unpaired) electrons. The lowest BCUT2D eigenvalue weighted by molar-refractivity contribution is 0.245. The van der Waals surface area contributed by atoms with Crippen molar-refractivity contribution in [1.82, 2.24) is 4.90 Å². The molecule has 0 aromatic heterocycles. The summed E-state index contributed by atoms with van der Waals surface area (Å²) >= 11 is 0. The van der Waals surface area contributed by atoms with Crippen LogP contribution in [-0.4, -0.2) is 31.7 Å². The van der Waals surface area contributed by atoms with Gasteiger partial charge in [0.05, 0.1) is 13.7 Å². The summed E-state index contributed by atoms with van der Waals surface area (Å²) in [6.07, 6.45) is 4.78. The number of piperidine rings is 1. The fraction of sp³-hybridized carbons (Fsp3) is 0.533. The number of ether oxygens (including phenoxy) is 2. The van der Waals surface area contributed by atoms with Gasteiger partial charge in [0.1, 0.15) is 0 Å². The summed E-state index contributed by atoms with van der Waals surface area (Å²) in [6, 6.07) is 6.22. The van der Waals surface area contributed by atoms with E-state index >= 15 is 0 Å². The Morgan fingerprint density at radius 3 is 2.61 bits per heavy atom. The average Bonchev–Trinajstić information content (AvgIpc) is 2.41. The Hall–Kier alpha value is -1.22. The van der Waals surface area contributed by atoms with Crippen LogP contribution in [0.2, 0.25) is 0 Å². The van der Waals surface area contributed by atoms with Gasteiger partial charge in [-0.3, -0.25) is 4.90 Å². The van der Waals surface area contributed by atoms with Crippen molar-refractivity contribution >= 4 is 0 Å². The predicted molar refractivity (Wildman–Crippen MR) is 73.0 cm³/mol. The maximum absolute atomic E-state index is 5.61.